The molecule has 1 aliphatic heterocycles. The lowest BCUT2D eigenvalue weighted by Gasteiger charge is -2.15. The summed E-state index contributed by atoms with van der Waals surface area (Å²) in [6, 6.07) is 5.19. The molecular formula is C12H11ClN2O2S2. The average molecular weight is 315 g/mol. The van der Waals surface area contributed by atoms with E-state index in [-0.39, 0.29) is 18.4 Å². The molecule has 0 aliphatic carbocycles. The Morgan fingerprint density at radius 1 is 1.58 bits per heavy atom. The molecule has 2 amide bonds. The van der Waals surface area contributed by atoms with Crippen molar-refractivity contribution in [2.75, 3.05) is 17.6 Å². The van der Waals surface area contributed by atoms with Gasteiger partial charge in [0.05, 0.1) is 5.75 Å². The Balaban J connectivity index is 2.01. The molecule has 0 bridgehead atoms. The van der Waals surface area contributed by atoms with Crippen LogP contribution >= 0.6 is 35.6 Å². The first kappa shape index (κ1) is 14.3. The van der Waals surface area contributed by atoms with Crippen molar-refractivity contribution in [2.24, 2.45) is 0 Å². The van der Waals surface area contributed by atoms with Crippen LogP contribution in [0.25, 0.3) is 0 Å². The predicted molar refractivity (Wildman–Crippen MR) is 81.6 cm³/mol. The van der Waals surface area contributed by atoms with E-state index < -0.39 is 0 Å². The number of hydrogen-bond acceptors (Lipinski definition) is 4. The number of carbonyl (C=O) groups is 2. The molecule has 4 nitrogen and oxygen atoms in total. The van der Waals surface area contributed by atoms with E-state index in [9.17, 15) is 9.59 Å². The van der Waals surface area contributed by atoms with Crippen LogP contribution in [0.5, 0.6) is 0 Å². The number of benzene rings is 1. The highest BCUT2D eigenvalue weighted by atomic mass is 35.5. The molecule has 19 heavy (non-hydrogen) atoms. The summed E-state index contributed by atoms with van der Waals surface area (Å²) in [4.78, 5) is 24.7. The summed E-state index contributed by atoms with van der Waals surface area (Å²) in [7, 11) is 0. The number of amides is 2. The number of nitrogens with one attached hydrogen (secondary N) is 1. The molecular weight excluding hydrogens is 304 g/mol. The Hall–Kier alpha value is -1.11. The minimum atomic E-state index is -0.274. The number of thiocarbonyl (C=S) groups is 1. The zero-order valence-electron chi connectivity index (χ0n) is 10.1. The largest absolute Gasteiger partial charge is 0.324 e. The minimum Gasteiger partial charge on any atom is -0.324 e. The number of rotatable bonds is 3. The number of halogens is 1. The van der Waals surface area contributed by atoms with Gasteiger partial charge in [-0.3, -0.25) is 14.5 Å². The van der Waals surface area contributed by atoms with E-state index >= 15 is 0 Å². The Morgan fingerprint density at radius 3 is 2.89 bits per heavy atom. The van der Waals surface area contributed by atoms with Crippen LogP contribution in [-0.4, -0.2) is 33.3 Å². The Labute approximate surface area is 125 Å². The molecule has 1 aromatic carbocycles. The molecule has 1 fully saturated rings. The average Bonchev–Trinajstić information content (AvgIpc) is 2.65. The summed E-state index contributed by atoms with van der Waals surface area (Å²) >= 11 is 12.1. The van der Waals surface area contributed by atoms with Crippen molar-refractivity contribution in [3.05, 3.63) is 28.8 Å². The van der Waals surface area contributed by atoms with Gasteiger partial charge < -0.3 is 5.32 Å². The van der Waals surface area contributed by atoms with Crippen LogP contribution in [0.15, 0.2) is 18.2 Å². The highest BCUT2D eigenvalue weighted by Gasteiger charge is 2.28. The van der Waals surface area contributed by atoms with E-state index in [0.717, 1.165) is 5.56 Å². The molecule has 1 saturated heterocycles. The molecule has 0 radical (unpaired) electrons. The van der Waals surface area contributed by atoms with Gasteiger partial charge in [0.25, 0.3) is 0 Å². The summed E-state index contributed by atoms with van der Waals surface area (Å²) in [5.41, 5.74) is 1.55. The number of thioether (sulfide) groups is 1. The number of aryl methyl sites for hydroxylation is 1. The van der Waals surface area contributed by atoms with Crippen LogP contribution in [0.2, 0.25) is 5.02 Å². The van der Waals surface area contributed by atoms with Crippen LogP contribution in [0.3, 0.4) is 0 Å². The molecule has 1 aliphatic rings. The molecule has 1 aromatic rings. The van der Waals surface area contributed by atoms with Crippen molar-refractivity contribution in [1.82, 2.24) is 4.90 Å². The summed E-state index contributed by atoms with van der Waals surface area (Å²) in [5, 5.41) is 3.36. The van der Waals surface area contributed by atoms with Crippen LogP contribution < -0.4 is 5.32 Å². The van der Waals surface area contributed by atoms with Gasteiger partial charge in [-0.1, -0.05) is 35.6 Å². The van der Waals surface area contributed by atoms with Crippen LogP contribution in [0.4, 0.5) is 5.69 Å². The van der Waals surface area contributed by atoms with Gasteiger partial charge in [0.1, 0.15) is 10.9 Å². The maximum atomic E-state index is 11.9. The summed E-state index contributed by atoms with van der Waals surface area (Å²) in [5.74, 6) is -0.0897. The van der Waals surface area contributed by atoms with Gasteiger partial charge >= 0.3 is 0 Å². The normalized spacial score (nSPS) is 14.9. The van der Waals surface area contributed by atoms with E-state index in [2.05, 4.69) is 5.32 Å². The van der Waals surface area contributed by atoms with Gasteiger partial charge in [-0.05, 0) is 30.7 Å². The zero-order valence-corrected chi connectivity index (χ0v) is 12.5. The topological polar surface area (TPSA) is 49.4 Å². The van der Waals surface area contributed by atoms with Gasteiger partial charge in [0.2, 0.25) is 11.8 Å². The van der Waals surface area contributed by atoms with Gasteiger partial charge in [0.15, 0.2) is 0 Å². The number of nitrogens with zero attached hydrogens (tertiary/aromatic N) is 1. The monoisotopic (exact) mass is 314 g/mol. The maximum Gasteiger partial charge on any atom is 0.244 e. The third kappa shape index (κ3) is 3.46. The standard InChI is InChI=1S/C12H11ClN2O2S2/c1-7-4-8(13)2-3-9(7)14-10(16)5-15-11(17)6-19-12(15)18/h2-4H,5-6H2,1H3,(H,14,16). The molecule has 0 aromatic heterocycles. The van der Waals surface area contributed by atoms with E-state index in [4.69, 9.17) is 23.8 Å². The highest BCUT2D eigenvalue weighted by molar-refractivity contribution is 8.23. The fourth-order valence-corrected chi connectivity index (χ4v) is 2.93. The highest BCUT2D eigenvalue weighted by Crippen LogP contribution is 2.21. The molecule has 1 heterocycles. The van der Waals surface area contributed by atoms with Crippen molar-refractivity contribution in [2.45, 2.75) is 6.92 Å². The second kappa shape index (κ2) is 5.90. The first-order valence-corrected chi connectivity index (χ1v) is 7.27. The smallest absolute Gasteiger partial charge is 0.244 e. The Kier molecular flexibility index (Phi) is 4.44. The maximum absolute atomic E-state index is 11.9. The lowest BCUT2D eigenvalue weighted by atomic mass is 10.2. The van der Waals surface area contributed by atoms with Crippen molar-refractivity contribution in [3.63, 3.8) is 0 Å². The van der Waals surface area contributed by atoms with Crippen LogP contribution in [0, 0.1) is 6.92 Å². The fraction of sp³-hybridized carbons (Fsp3) is 0.250. The molecule has 1 N–H and O–H groups in total. The van der Waals surface area contributed by atoms with Gasteiger partial charge in [0, 0.05) is 10.7 Å². The molecule has 100 valence electrons. The van der Waals surface area contributed by atoms with Gasteiger partial charge in [-0.2, -0.15) is 0 Å². The van der Waals surface area contributed by atoms with E-state index in [1.165, 1.54) is 16.7 Å². The molecule has 0 saturated carbocycles. The third-order valence-corrected chi connectivity index (χ3v) is 4.27. The lowest BCUT2D eigenvalue weighted by Crippen LogP contribution is -2.36. The van der Waals surface area contributed by atoms with Crippen molar-refractivity contribution >= 4 is 57.4 Å². The summed E-state index contributed by atoms with van der Waals surface area (Å²) in [6.45, 7) is 1.80. The van der Waals surface area contributed by atoms with E-state index in [1.54, 1.807) is 18.2 Å². The molecule has 0 unspecified atom stereocenters. The first-order valence-electron chi connectivity index (χ1n) is 5.50. The van der Waals surface area contributed by atoms with Crippen molar-refractivity contribution in [1.29, 1.82) is 0 Å². The Bertz CT molecular complexity index is 547. The number of hydrogen-bond donors (Lipinski definition) is 1. The molecule has 0 spiro atoms. The van der Waals surface area contributed by atoms with E-state index in [0.29, 0.717) is 20.8 Å². The zero-order chi connectivity index (χ0) is 14.0. The second-order valence-corrected chi connectivity index (χ2v) is 6.09. The number of anilines is 1. The van der Waals surface area contributed by atoms with Gasteiger partial charge in [-0.15, -0.1) is 0 Å². The van der Waals surface area contributed by atoms with Crippen molar-refractivity contribution < 1.29 is 9.59 Å². The second-order valence-electron chi connectivity index (χ2n) is 4.04. The van der Waals surface area contributed by atoms with Crippen LogP contribution in [-0.2, 0) is 9.59 Å². The lowest BCUT2D eigenvalue weighted by molar-refractivity contribution is -0.127. The quantitative estimate of drug-likeness (QED) is 0.871. The first-order chi connectivity index (χ1) is 8.97. The van der Waals surface area contributed by atoms with E-state index in [1.807, 2.05) is 6.92 Å². The predicted octanol–water partition coefficient (Wildman–Crippen LogP) is 2.45. The van der Waals surface area contributed by atoms with Crippen LogP contribution in [0.1, 0.15) is 5.56 Å². The SMILES string of the molecule is Cc1cc(Cl)ccc1NC(=O)CN1C(=O)CSC1=S. The number of carbonyl (C=O) groups excluding carboxylic acids is 2. The molecule has 2 rings (SSSR count). The van der Waals surface area contributed by atoms with Gasteiger partial charge in [-0.25, -0.2) is 0 Å². The molecule has 7 heteroatoms. The molecule has 0 atom stereocenters. The fourth-order valence-electron chi connectivity index (χ4n) is 1.63. The van der Waals surface area contributed by atoms with Crippen molar-refractivity contribution in [3.8, 4) is 0 Å². The summed E-state index contributed by atoms with van der Waals surface area (Å²) in [6.07, 6.45) is 0. The Morgan fingerprint density at radius 2 is 2.32 bits per heavy atom. The third-order valence-electron chi connectivity index (χ3n) is 2.60. The summed E-state index contributed by atoms with van der Waals surface area (Å²) < 4.78 is 0.452. The minimum absolute atomic E-state index is 0.0489.